The van der Waals surface area contributed by atoms with Crippen LogP contribution in [0.3, 0.4) is 0 Å². The highest BCUT2D eigenvalue weighted by Gasteiger charge is 2.24. The van der Waals surface area contributed by atoms with Crippen molar-refractivity contribution < 1.29 is 13.2 Å². The van der Waals surface area contributed by atoms with Crippen LogP contribution in [-0.2, 0) is 9.84 Å². The molecule has 1 aliphatic heterocycles. The maximum absolute atomic E-state index is 12.9. The van der Waals surface area contributed by atoms with Crippen molar-refractivity contribution in [2.75, 3.05) is 49.8 Å². The van der Waals surface area contributed by atoms with Gasteiger partial charge >= 0.3 is 0 Å². The van der Waals surface area contributed by atoms with Crippen molar-refractivity contribution >= 4 is 50.3 Å². The summed E-state index contributed by atoms with van der Waals surface area (Å²) in [4.78, 5) is 13.7. The molecule has 2 heterocycles. The number of aromatic nitrogens is 2. The molecule has 1 saturated heterocycles. The van der Waals surface area contributed by atoms with Crippen LogP contribution in [0.15, 0.2) is 53.6 Å². The first kappa shape index (κ1) is 27.9. The third-order valence-electron chi connectivity index (χ3n) is 6.80. The lowest BCUT2D eigenvalue weighted by atomic mass is 10.0. The van der Waals surface area contributed by atoms with Crippen molar-refractivity contribution in [1.82, 2.24) is 14.9 Å². The molecule has 11 heteroatoms. The fraction of sp³-hybridized carbons (Fsp3) is 0.407. The first-order valence-corrected chi connectivity index (χ1v) is 14.5. The fourth-order valence-corrected chi connectivity index (χ4v) is 5.80. The lowest BCUT2D eigenvalue weighted by Crippen LogP contribution is -2.41. The van der Waals surface area contributed by atoms with Gasteiger partial charge in [0, 0.05) is 30.9 Å². The standard InChI is InChI=1S/C27H35ClN6O3S/c1-18(2)38(35,36)25-9-7-6-8-23(25)30-26-21(28)17-29-27(32-26)31-22-11-10-20(16-24(22)37-5)34-14-12-19(13-15-34)33(3)4/h6-11,16-19H,12-15H2,1-5H3,(H2,29,30,31,32). The Morgan fingerprint density at radius 1 is 1.08 bits per heavy atom. The first-order chi connectivity index (χ1) is 18.1. The van der Waals surface area contributed by atoms with Crippen LogP contribution < -0.4 is 20.3 Å². The van der Waals surface area contributed by atoms with E-state index in [1.165, 1.54) is 6.20 Å². The number of rotatable bonds is 9. The molecule has 0 bridgehead atoms. The number of methoxy groups -OCH3 is 1. The van der Waals surface area contributed by atoms with Gasteiger partial charge in [0.1, 0.15) is 10.8 Å². The van der Waals surface area contributed by atoms with Gasteiger partial charge in [0.2, 0.25) is 5.95 Å². The molecule has 0 aliphatic carbocycles. The van der Waals surface area contributed by atoms with Crippen molar-refractivity contribution in [2.24, 2.45) is 0 Å². The highest BCUT2D eigenvalue weighted by atomic mass is 35.5. The monoisotopic (exact) mass is 558 g/mol. The molecule has 9 nitrogen and oxygen atoms in total. The maximum atomic E-state index is 12.9. The second-order valence-corrected chi connectivity index (χ2v) is 12.7. The molecule has 0 spiro atoms. The molecular weight excluding hydrogens is 524 g/mol. The Morgan fingerprint density at radius 2 is 1.79 bits per heavy atom. The van der Waals surface area contributed by atoms with Gasteiger partial charge in [0.15, 0.2) is 15.7 Å². The highest BCUT2D eigenvalue weighted by molar-refractivity contribution is 7.92. The summed E-state index contributed by atoms with van der Waals surface area (Å²) in [5.41, 5.74) is 2.20. The van der Waals surface area contributed by atoms with Crippen LogP contribution >= 0.6 is 11.6 Å². The van der Waals surface area contributed by atoms with Crippen molar-refractivity contribution in [3.05, 3.63) is 53.7 Å². The zero-order valence-corrected chi connectivity index (χ0v) is 24.0. The number of nitrogens with zero attached hydrogens (tertiary/aromatic N) is 4. The van der Waals surface area contributed by atoms with E-state index in [-0.39, 0.29) is 15.7 Å². The number of halogens is 1. The van der Waals surface area contributed by atoms with Crippen molar-refractivity contribution in [3.8, 4) is 5.75 Å². The normalized spacial score (nSPS) is 14.7. The summed E-state index contributed by atoms with van der Waals surface area (Å²) in [7, 11) is 2.38. The molecule has 0 radical (unpaired) electrons. The predicted molar refractivity (Wildman–Crippen MR) is 154 cm³/mol. The topological polar surface area (TPSA) is 99.7 Å². The summed E-state index contributed by atoms with van der Waals surface area (Å²) in [6, 6.07) is 13.3. The van der Waals surface area contributed by atoms with Gasteiger partial charge in [0.25, 0.3) is 0 Å². The Bertz CT molecular complexity index is 1370. The van der Waals surface area contributed by atoms with Gasteiger partial charge in [0.05, 0.1) is 34.8 Å². The summed E-state index contributed by atoms with van der Waals surface area (Å²) in [6.45, 7) is 5.27. The molecule has 2 aromatic carbocycles. The van der Waals surface area contributed by atoms with Crippen LogP contribution in [0.2, 0.25) is 5.02 Å². The summed E-state index contributed by atoms with van der Waals surface area (Å²) < 4.78 is 31.4. The molecule has 204 valence electrons. The minimum absolute atomic E-state index is 0.186. The Kier molecular flexibility index (Phi) is 8.64. The van der Waals surface area contributed by atoms with Crippen LogP contribution in [0.4, 0.5) is 28.8 Å². The minimum atomic E-state index is -3.52. The highest BCUT2D eigenvalue weighted by Crippen LogP contribution is 2.34. The van der Waals surface area contributed by atoms with E-state index in [0.717, 1.165) is 31.6 Å². The van der Waals surface area contributed by atoms with Crippen LogP contribution in [-0.4, -0.2) is 68.9 Å². The number of sulfone groups is 1. The predicted octanol–water partition coefficient (Wildman–Crippen LogP) is 5.34. The number of hydrogen-bond donors (Lipinski definition) is 2. The lowest BCUT2D eigenvalue weighted by Gasteiger charge is -2.36. The van der Waals surface area contributed by atoms with Crippen molar-refractivity contribution in [3.63, 3.8) is 0 Å². The van der Waals surface area contributed by atoms with Gasteiger partial charge in [-0.3, -0.25) is 0 Å². The largest absolute Gasteiger partial charge is 0.494 e. The minimum Gasteiger partial charge on any atom is -0.494 e. The fourth-order valence-electron chi connectivity index (χ4n) is 4.46. The van der Waals surface area contributed by atoms with Gasteiger partial charge in [-0.15, -0.1) is 0 Å². The Balaban J connectivity index is 1.55. The summed E-state index contributed by atoms with van der Waals surface area (Å²) >= 11 is 6.38. The van der Waals surface area contributed by atoms with Crippen LogP contribution in [0.1, 0.15) is 26.7 Å². The molecule has 38 heavy (non-hydrogen) atoms. The second kappa shape index (κ2) is 11.8. The lowest BCUT2D eigenvalue weighted by molar-refractivity contribution is 0.249. The zero-order valence-electron chi connectivity index (χ0n) is 22.4. The van der Waals surface area contributed by atoms with Gasteiger partial charge < -0.3 is 25.2 Å². The molecule has 1 aromatic heterocycles. The maximum Gasteiger partial charge on any atom is 0.229 e. The SMILES string of the molecule is COc1cc(N2CCC(N(C)C)CC2)ccc1Nc1ncc(Cl)c(Nc2ccccc2S(=O)(=O)C(C)C)n1. The van der Waals surface area contributed by atoms with E-state index in [1.807, 2.05) is 12.1 Å². The number of ether oxygens (including phenoxy) is 1. The summed E-state index contributed by atoms with van der Waals surface area (Å²) in [5, 5.41) is 5.97. The van der Waals surface area contributed by atoms with Crippen LogP contribution in [0, 0.1) is 0 Å². The van der Waals surface area contributed by atoms with Gasteiger partial charge in [-0.2, -0.15) is 4.98 Å². The number of hydrogen-bond acceptors (Lipinski definition) is 9. The number of para-hydroxylation sites is 1. The molecule has 0 atom stereocenters. The van der Waals surface area contributed by atoms with Crippen LogP contribution in [0.5, 0.6) is 5.75 Å². The quantitative estimate of drug-likeness (QED) is 0.360. The smallest absolute Gasteiger partial charge is 0.229 e. The number of piperidine rings is 1. The molecular formula is C27H35ClN6O3S. The Hall–Kier alpha value is -3.08. The second-order valence-electron chi connectivity index (χ2n) is 9.80. The molecule has 1 fully saturated rings. The van der Waals surface area contributed by atoms with E-state index in [9.17, 15) is 8.42 Å². The van der Waals surface area contributed by atoms with Gasteiger partial charge in [-0.1, -0.05) is 23.7 Å². The molecule has 0 saturated carbocycles. The van der Waals surface area contributed by atoms with E-state index < -0.39 is 15.1 Å². The summed E-state index contributed by atoms with van der Waals surface area (Å²) in [5.74, 6) is 1.24. The third kappa shape index (κ3) is 6.14. The van der Waals surface area contributed by atoms with E-state index in [1.54, 1.807) is 45.2 Å². The van der Waals surface area contributed by atoms with E-state index in [4.69, 9.17) is 16.3 Å². The molecule has 1 aliphatic rings. The average molecular weight is 559 g/mol. The molecule has 2 N–H and O–H groups in total. The first-order valence-electron chi connectivity index (χ1n) is 12.6. The number of anilines is 5. The van der Waals surface area contributed by atoms with Gasteiger partial charge in [-0.05, 0) is 65.0 Å². The third-order valence-corrected chi connectivity index (χ3v) is 9.29. The van der Waals surface area contributed by atoms with Crippen molar-refractivity contribution in [2.45, 2.75) is 42.9 Å². The van der Waals surface area contributed by atoms with Crippen LogP contribution in [0.25, 0.3) is 0 Å². The number of nitrogens with one attached hydrogen (secondary N) is 2. The van der Waals surface area contributed by atoms with Crippen molar-refractivity contribution in [1.29, 1.82) is 0 Å². The van der Waals surface area contributed by atoms with E-state index >= 15 is 0 Å². The molecule has 0 amide bonds. The molecule has 4 rings (SSSR count). The molecule has 0 unspecified atom stereocenters. The average Bonchev–Trinajstić information content (AvgIpc) is 2.91. The Morgan fingerprint density at radius 3 is 2.45 bits per heavy atom. The van der Waals surface area contributed by atoms with E-state index in [0.29, 0.717) is 29.1 Å². The van der Waals surface area contributed by atoms with E-state index in [2.05, 4.69) is 50.6 Å². The summed E-state index contributed by atoms with van der Waals surface area (Å²) in [6.07, 6.45) is 3.70. The zero-order chi connectivity index (χ0) is 27.4. The molecule has 3 aromatic rings. The van der Waals surface area contributed by atoms with Gasteiger partial charge in [-0.25, -0.2) is 13.4 Å². The number of benzene rings is 2. The Labute approximate surface area is 230 Å².